The highest BCUT2D eigenvalue weighted by Crippen LogP contribution is 2.48. The zero-order valence-corrected chi connectivity index (χ0v) is 26.2. The maximum atomic E-state index is 11.6. The molecule has 3 aliphatic rings. The summed E-state index contributed by atoms with van der Waals surface area (Å²) in [7, 11) is 4.12. The Hall–Kier alpha value is -3.45. The molecule has 220 valence electrons. The predicted molar refractivity (Wildman–Crippen MR) is 169 cm³/mol. The van der Waals surface area contributed by atoms with E-state index in [1.54, 1.807) is 12.1 Å². The van der Waals surface area contributed by atoms with Gasteiger partial charge in [-0.05, 0) is 79.2 Å². The lowest BCUT2D eigenvalue weighted by molar-refractivity contribution is -0.401. The van der Waals surface area contributed by atoms with Gasteiger partial charge in [0, 0.05) is 46.6 Å². The number of allylic oxidation sites excluding steroid dienone is 8. The Kier molecular flexibility index (Phi) is 7.86. The minimum atomic E-state index is -0.917. The molecular weight excluding hydrogens is 548 g/mol. The second-order valence-electron chi connectivity index (χ2n) is 12.8. The van der Waals surface area contributed by atoms with Crippen molar-refractivity contribution in [3.05, 3.63) is 105 Å². The molecule has 1 atom stereocenters. The Morgan fingerprint density at radius 2 is 1.81 bits per heavy atom. The van der Waals surface area contributed by atoms with E-state index in [9.17, 15) is 9.90 Å². The fraction of sp³-hybridized carbons (Fsp3) is 0.371. The molecule has 2 aliphatic heterocycles. The lowest BCUT2D eigenvalue weighted by atomic mass is 9.80. The van der Waals surface area contributed by atoms with Gasteiger partial charge in [0.05, 0.1) is 11.0 Å². The van der Waals surface area contributed by atoms with Crippen LogP contribution in [0.2, 0.25) is 0 Å². The predicted octanol–water partition coefficient (Wildman–Crippen LogP) is 8.10. The van der Waals surface area contributed by atoms with Gasteiger partial charge in [-0.2, -0.15) is 4.58 Å². The van der Waals surface area contributed by atoms with Gasteiger partial charge in [0.15, 0.2) is 5.71 Å². The summed E-state index contributed by atoms with van der Waals surface area (Å²) in [6.45, 7) is 11.1. The van der Waals surface area contributed by atoms with Crippen LogP contribution < -0.4 is 4.90 Å². The number of hydrogen-bond acceptors (Lipinski definition) is 4. The van der Waals surface area contributed by atoms with Crippen molar-refractivity contribution < 1.29 is 24.6 Å². The lowest BCUT2D eigenvalue weighted by Gasteiger charge is -2.25. The molecule has 0 saturated heterocycles. The van der Waals surface area contributed by atoms with Crippen molar-refractivity contribution in [3.8, 4) is 0 Å². The number of carboxylic acid groups (broad SMARTS) is 1. The largest absolute Gasteiger partial charge is 0.478 e. The van der Waals surface area contributed by atoms with E-state index in [-0.39, 0.29) is 17.4 Å². The van der Waals surface area contributed by atoms with Gasteiger partial charge in [-0.1, -0.05) is 56.7 Å². The van der Waals surface area contributed by atoms with Gasteiger partial charge in [0.1, 0.15) is 13.7 Å². The summed E-state index contributed by atoms with van der Waals surface area (Å²) < 4.78 is 2.15. The minimum Gasteiger partial charge on any atom is -0.478 e. The van der Waals surface area contributed by atoms with Crippen LogP contribution in [0.1, 0.15) is 74.5 Å². The van der Waals surface area contributed by atoms with Gasteiger partial charge in [0.2, 0.25) is 5.69 Å². The van der Waals surface area contributed by atoms with Crippen molar-refractivity contribution >= 4 is 34.7 Å². The van der Waals surface area contributed by atoms with Crippen LogP contribution in [-0.4, -0.2) is 40.7 Å². The molecule has 2 heterocycles. The van der Waals surface area contributed by atoms with E-state index in [1.807, 2.05) is 19.2 Å². The molecule has 2 aromatic rings. The van der Waals surface area contributed by atoms with E-state index in [0.29, 0.717) is 11.5 Å². The van der Waals surface area contributed by atoms with Gasteiger partial charge in [-0.15, -0.1) is 0 Å². The van der Waals surface area contributed by atoms with Crippen LogP contribution in [0.5, 0.6) is 0 Å². The molecule has 0 amide bonds. The summed E-state index contributed by atoms with van der Waals surface area (Å²) in [6.07, 6.45) is 10.4. The maximum Gasteiger partial charge on any atom is 0.335 e. The first-order valence-electron chi connectivity index (χ1n) is 14.4. The third-order valence-corrected chi connectivity index (χ3v) is 9.68. The summed E-state index contributed by atoms with van der Waals surface area (Å²) >= 11 is 7.08. The van der Waals surface area contributed by atoms with Crippen LogP contribution in [0.4, 0.5) is 11.4 Å². The number of rotatable bonds is 6. The van der Waals surface area contributed by atoms with Crippen molar-refractivity contribution in [3.63, 3.8) is 0 Å². The van der Waals surface area contributed by atoms with E-state index < -0.39 is 5.97 Å². The SMILES string of the molecule is CC1CC(/C=C/C2=[N+](C)c3ccc(C(=O)O)cc3C2(C)C)=C(Cl)C(=C/C=C2/N(C)c3ccc(COO)cc3C2(C)C)/C1. The number of halogens is 1. The van der Waals surface area contributed by atoms with Crippen LogP contribution in [0, 0.1) is 5.92 Å². The topological polar surface area (TPSA) is 73.0 Å². The number of benzene rings is 2. The van der Waals surface area contributed by atoms with E-state index >= 15 is 0 Å². The molecule has 2 N–H and O–H groups in total. The van der Waals surface area contributed by atoms with E-state index in [2.05, 4.69) is 92.5 Å². The molecule has 1 aliphatic carbocycles. The number of carboxylic acids is 1. The van der Waals surface area contributed by atoms with Crippen LogP contribution in [0.3, 0.4) is 0 Å². The number of aromatic carboxylic acids is 1. The van der Waals surface area contributed by atoms with Crippen molar-refractivity contribution in [2.45, 2.75) is 64.9 Å². The first kappa shape index (κ1) is 30.0. The number of anilines is 1. The zero-order valence-electron chi connectivity index (χ0n) is 25.5. The van der Waals surface area contributed by atoms with Crippen molar-refractivity contribution in [1.29, 1.82) is 0 Å². The average Bonchev–Trinajstić information content (AvgIpc) is 3.24. The molecular formula is C35H40ClN2O4+. The molecule has 5 rings (SSSR count). The number of fused-ring (bicyclic) bond motifs is 2. The highest BCUT2D eigenvalue weighted by molar-refractivity contribution is 6.32. The van der Waals surface area contributed by atoms with E-state index in [1.165, 1.54) is 11.3 Å². The molecule has 42 heavy (non-hydrogen) atoms. The molecule has 0 aromatic heterocycles. The first-order chi connectivity index (χ1) is 19.8. The Morgan fingerprint density at radius 3 is 2.50 bits per heavy atom. The van der Waals surface area contributed by atoms with Crippen molar-refractivity contribution in [2.24, 2.45) is 5.92 Å². The summed E-state index contributed by atoms with van der Waals surface area (Å²) in [4.78, 5) is 18.2. The Bertz CT molecular complexity index is 1620. The number of carbonyl (C=O) groups is 1. The van der Waals surface area contributed by atoms with Crippen molar-refractivity contribution in [1.82, 2.24) is 0 Å². The van der Waals surface area contributed by atoms with Gasteiger partial charge in [-0.3, -0.25) is 5.26 Å². The molecule has 6 nitrogen and oxygen atoms in total. The Labute approximate surface area is 253 Å². The summed E-state index contributed by atoms with van der Waals surface area (Å²) in [6, 6.07) is 11.5. The first-order valence-corrected chi connectivity index (χ1v) is 14.8. The quantitative estimate of drug-likeness (QED) is 0.203. The maximum absolute atomic E-state index is 11.6. The van der Waals surface area contributed by atoms with Crippen LogP contribution >= 0.6 is 11.6 Å². The fourth-order valence-electron chi connectivity index (χ4n) is 6.87. The van der Waals surface area contributed by atoms with Crippen LogP contribution in [-0.2, 0) is 22.3 Å². The Balaban J connectivity index is 1.47. The molecule has 0 saturated carbocycles. The molecule has 0 bridgehead atoms. The van der Waals surface area contributed by atoms with E-state index in [0.717, 1.165) is 57.2 Å². The monoisotopic (exact) mass is 587 g/mol. The summed E-state index contributed by atoms with van der Waals surface area (Å²) in [5.74, 6) is -0.473. The number of nitrogens with zero attached hydrogens (tertiary/aromatic N) is 2. The smallest absolute Gasteiger partial charge is 0.335 e. The number of hydrogen-bond donors (Lipinski definition) is 2. The van der Waals surface area contributed by atoms with Gasteiger partial charge in [-0.25, -0.2) is 9.68 Å². The summed E-state index contributed by atoms with van der Waals surface area (Å²) in [5.41, 5.74) is 9.53. The highest BCUT2D eigenvalue weighted by atomic mass is 35.5. The average molecular weight is 588 g/mol. The van der Waals surface area contributed by atoms with Gasteiger partial charge >= 0.3 is 5.97 Å². The molecule has 0 fully saturated rings. The van der Waals surface area contributed by atoms with Crippen molar-refractivity contribution in [2.75, 3.05) is 19.0 Å². The lowest BCUT2D eigenvalue weighted by Crippen LogP contribution is -2.27. The van der Waals surface area contributed by atoms with Crippen LogP contribution in [0.15, 0.2) is 82.6 Å². The molecule has 1 unspecified atom stereocenters. The highest BCUT2D eigenvalue weighted by Gasteiger charge is 2.43. The summed E-state index contributed by atoms with van der Waals surface area (Å²) in [5, 5.41) is 19.3. The van der Waals surface area contributed by atoms with Gasteiger partial charge < -0.3 is 10.0 Å². The van der Waals surface area contributed by atoms with Gasteiger partial charge in [0.25, 0.3) is 0 Å². The third-order valence-electron chi connectivity index (χ3n) is 9.19. The number of likely N-dealkylation sites (N-methyl/N-ethyl adjacent to an activating group) is 1. The fourth-order valence-corrected chi connectivity index (χ4v) is 7.15. The second kappa shape index (κ2) is 11.0. The standard InChI is InChI=1S/C35H39ClN2O4/c1-21-16-23(10-14-30-34(2,3)26-18-22(20-42-41)8-12-28(26)37(30)6)32(36)24(17-21)11-15-31-35(4,5)27-19-25(33(39)40)9-13-29(27)38(31)7/h8-15,18-19,21H,16-17,20H2,1-7H3,(H-,39,40,41)/p+1. The Morgan fingerprint density at radius 1 is 1.07 bits per heavy atom. The zero-order chi connectivity index (χ0) is 30.6. The molecule has 2 aromatic carbocycles. The normalized spacial score (nSPS) is 23.0. The third kappa shape index (κ3) is 5.06. The molecule has 7 heteroatoms. The minimum absolute atomic E-state index is 0.159. The second-order valence-corrected chi connectivity index (χ2v) is 13.2. The molecule has 0 radical (unpaired) electrons. The molecule has 0 spiro atoms. The van der Waals surface area contributed by atoms with Crippen LogP contribution in [0.25, 0.3) is 0 Å². The van der Waals surface area contributed by atoms with E-state index in [4.69, 9.17) is 16.9 Å².